The van der Waals surface area contributed by atoms with Crippen LogP contribution in [-0.4, -0.2) is 29.0 Å². The van der Waals surface area contributed by atoms with Crippen molar-refractivity contribution in [3.8, 4) is 16.9 Å². The van der Waals surface area contributed by atoms with Crippen molar-refractivity contribution in [3.05, 3.63) is 60.3 Å². The van der Waals surface area contributed by atoms with Crippen LogP contribution >= 0.6 is 0 Å². The summed E-state index contributed by atoms with van der Waals surface area (Å²) < 4.78 is 74.9. The lowest BCUT2D eigenvalue weighted by Gasteiger charge is -2.09. The van der Waals surface area contributed by atoms with Crippen LogP contribution in [-0.2, 0) is 27.4 Å². The molecule has 0 radical (unpaired) electrons. The van der Waals surface area contributed by atoms with Crippen LogP contribution in [0.2, 0.25) is 0 Å². The minimum absolute atomic E-state index is 0.143. The molecule has 1 heterocycles. The number of rotatable bonds is 4. The molecule has 0 aliphatic carbocycles. The number of alkyl halides is 3. The van der Waals surface area contributed by atoms with Crippen LogP contribution in [0.5, 0.6) is 0 Å². The normalized spacial score (nSPS) is 13.5. The number of aromatic nitrogens is 2. The molecule has 6 nitrogen and oxygen atoms in total. The van der Waals surface area contributed by atoms with Crippen LogP contribution in [0.4, 0.5) is 13.2 Å². The number of hydrogen-bond donors (Lipinski definition) is 1. The van der Waals surface area contributed by atoms with Gasteiger partial charge in [-0.2, -0.15) is 18.3 Å². The van der Waals surface area contributed by atoms with Crippen molar-refractivity contribution in [2.75, 3.05) is 6.26 Å². The predicted octanol–water partition coefficient (Wildman–Crippen LogP) is 2.94. The molecule has 2 N–H and O–H groups in total. The number of benzene rings is 2. The molecule has 0 spiro atoms. The zero-order chi connectivity index (χ0) is 20.7. The van der Waals surface area contributed by atoms with E-state index in [-0.39, 0.29) is 16.3 Å². The first-order valence-corrected chi connectivity index (χ1v) is 10.8. The van der Waals surface area contributed by atoms with E-state index >= 15 is 0 Å². The van der Waals surface area contributed by atoms with E-state index in [9.17, 15) is 26.1 Å². The molecule has 0 amide bonds. The Hall–Kier alpha value is -2.34. The lowest BCUT2D eigenvalue weighted by Crippen LogP contribution is -2.12. The van der Waals surface area contributed by atoms with E-state index in [1.165, 1.54) is 30.5 Å². The second kappa shape index (κ2) is 7.24. The highest BCUT2D eigenvalue weighted by molar-refractivity contribution is 7.90. The maximum absolute atomic E-state index is 13.2. The maximum Gasteiger partial charge on any atom is 0.435 e. The van der Waals surface area contributed by atoms with Gasteiger partial charge < -0.3 is 4.55 Å². The molecule has 3 rings (SSSR count). The average Bonchev–Trinajstić information content (AvgIpc) is 3.07. The third-order valence-corrected chi connectivity index (χ3v) is 5.76. The Morgan fingerprint density at radius 1 is 1.07 bits per heavy atom. The molecular formula is C17H14F3N3O3S2. The topological polar surface area (TPSA) is 101 Å². The number of sulfonamides is 1. The summed E-state index contributed by atoms with van der Waals surface area (Å²) in [5, 5.41) is 8.67. The number of nitrogens with zero attached hydrogens (tertiary/aromatic N) is 2. The quantitative estimate of drug-likeness (QED) is 0.645. The smallest absolute Gasteiger partial charge is 0.435 e. The van der Waals surface area contributed by atoms with Crippen LogP contribution in [0, 0.1) is 0 Å². The first-order valence-electron chi connectivity index (χ1n) is 7.71. The van der Waals surface area contributed by atoms with E-state index in [1.54, 1.807) is 24.3 Å². The molecule has 148 valence electrons. The van der Waals surface area contributed by atoms with Crippen molar-refractivity contribution < 1.29 is 26.1 Å². The summed E-state index contributed by atoms with van der Waals surface area (Å²) in [6.07, 6.45) is -3.17. The van der Waals surface area contributed by atoms with Crippen LogP contribution in [0.1, 0.15) is 5.69 Å². The number of nitrogens with two attached hydrogens (primary N) is 1. The molecule has 1 aromatic heterocycles. The van der Waals surface area contributed by atoms with Gasteiger partial charge in [-0.3, -0.25) is 0 Å². The highest BCUT2D eigenvalue weighted by Crippen LogP contribution is 2.33. The fourth-order valence-electron chi connectivity index (χ4n) is 2.52. The SMILES string of the molecule is C[S+]([O-])c1ccc(-c2cc(C(F)(F)F)nn2-c2ccc(S(N)(=O)=O)cc2)cc1. The summed E-state index contributed by atoms with van der Waals surface area (Å²) in [6, 6.07) is 12.1. The average molecular weight is 429 g/mol. The molecule has 0 saturated carbocycles. The third kappa shape index (κ3) is 4.22. The Bertz CT molecular complexity index is 1090. The highest BCUT2D eigenvalue weighted by Gasteiger charge is 2.35. The van der Waals surface area contributed by atoms with E-state index in [4.69, 9.17) is 5.14 Å². The summed E-state index contributed by atoms with van der Waals surface area (Å²) in [4.78, 5) is 0.360. The minimum atomic E-state index is -4.66. The Morgan fingerprint density at radius 2 is 1.64 bits per heavy atom. The number of hydrogen-bond acceptors (Lipinski definition) is 4. The first kappa shape index (κ1) is 20.4. The first-order chi connectivity index (χ1) is 13.0. The fourth-order valence-corrected chi connectivity index (χ4v) is 3.55. The summed E-state index contributed by atoms with van der Waals surface area (Å²) in [7, 11) is -3.93. The van der Waals surface area contributed by atoms with Gasteiger partial charge in [0.25, 0.3) is 0 Å². The predicted molar refractivity (Wildman–Crippen MR) is 97.7 cm³/mol. The maximum atomic E-state index is 13.2. The molecule has 2 aromatic carbocycles. The van der Waals surface area contributed by atoms with Gasteiger partial charge in [-0.15, -0.1) is 0 Å². The molecule has 0 saturated heterocycles. The minimum Gasteiger partial charge on any atom is -0.612 e. The molecule has 0 bridgehead atoms. The van der Waals surface area contributed by atoms with E-state index in [2.05, 4.69) is 5.10 Å². The van der Waals surface area contributed by atoms with E-state index in [0.717, 1.165) is 10.7 Å². The highest BCUT2D eigenvalue weighted by atomic mass is 32.2. The molecule has 0 aliphatic rings. The van der Waals surface area contributed by atoms with Crippen LogP contribution in [0.15, 0.2) is 64.4 Å². The molecule has 1 unspecified atom stereocenters. The monoisotopic (exact) mass is 429 g/mol. The van der Waals surface area contributed by atoms with E-state index in [0.29, 0.717) is 10.5 Å². The summed E-state index contributed by atoms with van der Waals surface area (Å²) in [5.74, 6) is 0. The number of halogens is 3. The summed E-state index contributed by atoms with van der Waals surface area (Å²) in [6.45, 7) is 0. The zero-order valence-electron chi connectivity index (χ0n) is 14.3. The van der Waals surface area contributed by atoms with Crippen LogP contribution < -0.4 is 5.14 Å². The molecular weight excluding hydrogens is 415 g/mol. The van der Waals surface area contributed by atoms with Crippen molar-refractivity contribution in [1.82, 2.24) is 9.78 Å². The Labute approximate surface area is 162 Å². The van der Waals surface area contributed by atoms with Crippen molar-refractivity contribution in [2.24, 2.45) is 5.14 Å². The molecule has 1 atom stereocenters. The van der Waals surface area contributed by atoms with Gasteiger partial charge >= 0.3 is 6.18 Å². The van der Waals surface area contributed by atoms with Gasteiger partial charge in [0.2, 0.25) is 10.0 Å². The third-order valence-electron chi connectivity index (χ3n) is 3.89. The number of primary sulfonamides is 1. The van der Waals surface area contributed by atoms with Gasteiger partial charge in [-0.1, -0.05) is 0 Å². The van der Waals surface area contributed by atoms with E-state index in [1.807, 2.05) is 0 Å². The van der Waals surface area contributed by atoms with Crippen LogP contribution in [0.3, 0.4) is 0 Å². The molecule has 11 heteroatoms. The largest absolute Gasteiger partial charge is 0.612 e. The van der Waals surface area contributed by atoms with Gasteiger partial charge in [0, 0.05) is 5.56 Å². The second-order valence-corrected chi connectivity index (χ2v) is 8.78. The summed E-state index contributed by atoms with van der Waals surface area (Å²) >= 11 is -1.23. The fraction of sp³-hybridized carbons (Fsp3) is 0.118. The van der Waals surface area contributed by atoms with Gasteiger partial charge in [0.05, 0.1) is 16.3 Å². The van der Waals surface area contributed by atoms with Crippen molar-refractivity contribution in [1.29, 1.82) is 0 Å². The van der Waals surface area contributed by atoms with Gasteiger partial charge in [-0.05, 0) is 65.8 Å². The van der Waals surface area contributed by atoms with Crippen molar-refractivity contribution in [3.63, 3.8) is 0 Å². The molecule has 0 aliphatic heterocycles. The molecule has 0 fully saturated rings. The molecule has 28 heavy (non-hydrogen) atoms. The molecule has 3 aromatic rings. The lowest BCUT2D eigenvalue weighted by atomic mass is 10.1. The van der Waals surface area contributed by atoms with Crippen molar-refractivity contribution in [2.45, 2.75) is 16.0 Å². The Morgan fingerprint density at radius 3 is 2.11 bits per heavy atom. The Balaban J connectivity index is 2.13. The second-order valence-electron chi connectivity index (χ2n) is 5.84. The zero-order valence-corrected chi connectivity index (χ0v) is 16.0. The summed E-state index contributed by atoms with van der Waals surface area (Å²) in [5.41, 5.74) is -0.306. The van der Waals surface area contributed by atoms with Gasteiger partial charge in [0.1, 0.15) is 6.26 Å². The van der Waals surface area contributed by atoms with Crippen molar-refractivity contribution >= 4 is 21.2 Å². The van der Waals surface area contributed by atoms with Gasteiger partial charge in [-0.25, -0.2) is 18.2 Å². The van der Waals surface area contributed by atoms with E-state index < -0.39 is 33.1 Å². The van der Waals surface area contributed by atoms with Crippen LogP contribution in [0.25, 0.3) is 16.9 Å². The Kier molecular flexibility index (Phi) is 5.28. The van der Waals surface area contributed by atoms with Gasteiger partial charge in [0.15, 0.2) is 10.6 Å². The lowest BCUT2D eigenvalue weighted by molar-refractivity contribution is -0.141. The standard InChI is InChI=1S/C17H14F3N3O3S2/c1-27(24)13-6-2-11(3-7-13)15-10-16(17(18,19)20)22-23(15)12-4-8-14(9-5-12)28(21,25)26/h2-10H,1H3,(H2,21,25,26).